The SMILES string of the molecule is C=C1CC(=C)c2cc(C/C(C)=C/C=C\C=NC)ccc21. The molecule has 1 nitrogen and oxygen atoms in total. The summed E-state index contributed by atoms with van der Waals surface area (Å²) in [7, 11) is 1.77. The minimum atomic E-state index is 0.909. The van der Waals surface area contributed by atoms with Gasteiger partial charge in [-0.05, 0) is 53.7 Å². The largest absolute Gasteiger partial charge is 0.297 e. The zero-order valence-corrected chi connectivity index (χ0v) is 12.3. The molecule has 1 aromatic carbocycles. The second-order valence-electron chi connectivity index (χ2n) is 5.25. The van der Waals surface area contributed by atoms with Crippen LogP contribution in [-0.2, 0) is 6.42 Å². The number of aliphatic imine (C=N–C) groups is 1. The Labute approximate surface area is 121 Å². The van der Waals surface area contributed by atoms with Crippen LogP contribution in [0.1, 0.15) is 30.0 Å². The van der Waals surface area contributed by atoms with E-state index in [1.807, 2.05) is 12.2 Å². The van der Waals surface area contributed by atoms with E-state index in [2.05, 4.69) is 49.3 Å². The lowest BCUT2D eigenvalue weighted by molar-refractivity contribution is 1.14. The smallest absolute Gasteiger partial charge is 0.0277 e. The number of benzene rings is 1. The molecule has 1 heteroatoms. The maximum absolute atomic E-state index is 4.14. The van der Waals surface area contributed by atoms with Crippen LogP contribution in [-0.4, -0.2) is 13.3 Å². The molecule has 0 fully saturated rings. The van der Waals surface area contributed by atoms with Crippen LogP contribution in [0.3, 0.4) is 0 Å². The van der Waals surface area contributed by atoms with Gasteiger partial charge in [0.15, 0.2) is 0 Å². The fraction of sp³-hybridized carbons (Fsp3) is 0.211. The molecule has 0 spiro atoms. The van der Waals surface area contributed by atoms with Gasteiger partial charge >= 0.3 is 0 Å². The van der Waals surface area contributed by atoms with Crippen LogP contribution in [0.4, 0.5) is 0 Å². The van der Waals surface area contributed by atoms with E-state index in [1.54, 1.807) is 13.3 Å². The molecule has 0 amide bonds. The van der Waals surface area contributed by atoms with Crippen LogP contribution in [0, 0.1) is 0 Å². The average Bonchev–Trinajstić information content (AvgIpc) is 2.70. The van der Waals surface area contributed by atoms with Crippen molar-refractivity contribution in [3.8, 4) is 0 Å². The van der Waals surface area contributed by atoms with Crippen molar-refractivity contribution in [3.05, 3.63) is 71.8 Å². The topological polar surface area (TPSA) is 12.4 Å². The fourth-order valence-corrected chi connectivity index (χ4v) is 2.49. The summed E-state index contributed by atoms with van der Waals surface area (Å²) in [4.78, 5) is 3.91. The maximum Gasteiger partial charge on any atom is 0.0277 e. The van der Waals surface area contributed by atoms with E-state index < -0.39 is 0 Å². The summed E-state index contributed by atoms with van der Waals surface area (Å²) in [5.41, 5.74) is 7.56. The molecule has 0 aliphatic heterocycles. The molecule has 0 N–H and O–H groups in total. The van der Waals surface area contributed by atoms with Crippen LogP contribution in [0.25, 0.3) is 11.1 Å². The number of rotatable bonds is 4. The number of allylic oxidation sites excluding steroid dienone is 6. The molecule has 1 aromatic rings. The molecule has 0 atom stereocenters. The molecular weight excluding hydrogens is 242 g/mol. The lowest BCUT2D eigenvalue weighted by atomic mass is 9.99. The van der Waals surface area contributed by atoms with Gasteiger partial charge in [-0.25, -0.2) is 0 Å². The van der Waals surface area contributed by atoms with Gasteiger partial charge in [0.1, 0.15) is 0 Å². The Balaban J connectivity index is 2.14. The van der Waals surface area contributed by atoms with Crippen LogP contribution >= 0.6 is 0 Å². The van der Waals surface area contributed by atoms with E-state index in [-0.39, 0.29) is 0 Å². The molecule has 102 valence electrons. The van der Waals surface area contributed by atoms with Gasteiger partial charge in [-0.1, -0.05) is 49.1 Å². The first kappa shape index (κ1) is 14.3. The zero-order valence-electron chi connectivity index (χ0n) is 12.3. The molecular formula is C19H21N. The summed E-state index contributed by atoms with van der Waals surface area (Å²) in [5.74, 6) is 0. The van der Waals surface area contributed by atoms with Crippen LogP contribution in [0.15, 0.2) is 60.2 Å². The van der Waals surface area contributed by atoms with Gasteiger partial charge in [-0.2, -0.15) is 0 Å². The first-order valence-corrected chi connectivity index (χ1v) is 6.85. The van der Waals surface area contributed by atoms with Crippen LogP contribution in [0.5, 0.6) is 0 Å². The van der Waals surface area contributed by atoms with Crippen molar-refractivity contribution in [2.75, 3.05) is 7.05 Å². The summed E-state index contributed by atoms with van der Waals surface area (Å²) in [6.45, 7) is 10.4. The Kier molecular flexibility index (Phi) is 4.52. The van der Waals surface area contributed by atoms with Crippen LogP contribution in [0.2, 0.25) is 0 Å². The highest BCUT2D eigenvalue weighted by atomic mass is 14.6. The van der Waals surface area contributed by atoms with Crippen LogP contribution < -0.4 is 0 Å². The van der Waals surface area contributed by atoms with Gasteiger partial charge in [0.05, 0.1) is 0 Å². The third-order valence-electron chi connectivity index (χ3n) is 3.48. The maximum atomic E-state index is 4.14. The molecule has 0 saturated carbocycles. The molecule has 0 radical (unpaired) electrons. The van der Waals surface area contributed by atoms with E-state index in [1.165, 1.54) is 33.4 Å². The van der Waals surface area contributed by atoms with Crippen molar-refractivity contribution in [2.24, 2.45) is 4.99 Å². The first-order valence-electron chi connectivity index (χ1n) is 6.85. The van der Waals surface area contributed by atoms with Crippen molar-refractivity contribution in [3.63, 3.8) is 0 Å². The van der Waals surface area contributed by atoms with Crippen molar-refractivity contribution in [1.82, 2.24) is 0 Å². The molecule has 0 heterocycles. The van der Waals surface area contributed by atoms with Crippen molar-refractivity contribution in [1.29, 1.82) is 0 Å². The summed E-state index contributed by atoms with van der Waals surface area (Å²) >= 11 is 0. The molecule has 2 rings (SSSR count). The molecule has 0 aromatic heterocycles. The molecule has 0 saturated heterocycles. The number of hydrogen-bond donors (Lipinski definition) is 0. The molecule has 1 aliphatic carbocycles. The van der Waals surface area contributed by atoms with Gasteiger partial charge in [0.2, 0.25) is 0 Å². The molecule has 1 aliphatic rings. The molecule has 0 unspecified atom stereocenters. The number of hydrogen-bond acceptors (Lipinski definition) is 1. The Morgan fingerprint density at radius 2 is 1.95 bits per heavy atom. The van der Waals surface area contributed by atoms with E-state index in [0.29, 0.717) is 0 Å². The van der Waals surface area contributed by atoms with Gasteiger partial charge in [0.25, 0.3) is 0 Å². The van der Waals surface area contributed by atoms with Gasteiger partial charge in [-0.15, -0.1) is 0 Å². The standard InChI is InChI=1S/C19H21N/c1-14(7-5-6-10-20-4)11-17-8-9-18-15(2)12-16(3)19(18)13-17/h5-10,13H,2-3,11-12H2,1,4H3/b6-5-,14-7+,20-10?. The van der Waals surface area contributed by atoms with Crippen molar-refractivity contribution >= 4 is 17.4 Å². The highest BCUT2D eigenvalue weighted by Crippen LogP contribution is 2.38. The van der Waals surface area contributed by atoms with Crippen molar-refractivity contribution < 1.29 is 0 Å². The lowest BCUT2D eigenvalue weighted by Crippen LogP contribution is -1.89. The third kappa shape index (κ3) is 3.24. The highest BCUT2D eigenvalue weighted by Gasteiger charge is 2.17. The summed E-state index contributed by atoms with van der Waals surface area (Å²) in [5, 5.41) is 0. The van der Waals surface area contributed by atoms with E-state index in [9.17, 15) is 0 Å². The fourth-order valence-electron chi connectivity index (χ4n) is 2.49. The second-order valence-corrected chi connectivity index (χ2v) is 5.25. The Morgan fingerprint density at radius 1 is 1.20 bits per heavy atom. The van der Waals surface area contributed by atoms with Crippen molar-refractivity contribution in [2.45, 2.75) is 19.8 Å². The van der Waals surface area contributed by atoms with E-state index in [4.69, 9.17) is 0 Å². The lowest BCUT2D eigenvalue weighted by Gasteiger charge is -2.06. The predicted octanol–water partition coefficient (Wildman–Crippen LogP) is 4.86. The van der Waals surface area contributed by atoms with Gasteiger partial charge in [0, 0.05) is 13.3 Å². The van der Waals surface area contributed by atoms with E-state index in [0.717, 1.165) is 12.8 Å². The number of fused-ring (bicyclic) bond motifs is 1. The average molecular weight is 263 g/mol. The van der Waals surface area contributed by atoms with Gasteiger partial charge in [-0.3, -0.25) is 4.99 Å². The Morgan fingerprint density at radius 3 is 2.70 bits per heavy atom. The minimum absolute atomic E-state index is 0.909. The monoisotopic (exact) mass is 263 g/mol. The quantitative estimate of drug-likeness (QED) is 0.543. The zero-order chi connectivity index (χ0) is 14.5. The molecule has 20 heavy (non-hydrogen) atoms. The predicted molar refractivity (Wildman–Crippen MR) is 90.1 cm³/mol. The first-order chi connectivity index (χ1) is 9.61. The normalized spacial score (nSPS) is 15.6. The third-order valence-corrected chi connectivity index (χ3v) is 3.48. The minimum Gasteiger partial charge on any atom is -0.297 e. The Bertz CT molecular complexity index is 627. The summed E-state index contributed by atoms with van der Waals surface area (Å²) in [6.07, 6.45) is 9.75. The van der Waals surface area contributed by atoms with Gasteiger partial charge < -0.3 is 0 Å². The van der Waals surface area contributed by atoms with E-state index >= 15 is 0 Å². The highest BCUT2D eigenvalue weighted by molar-refractivity contribution is 5.91. The summed E-state index contributed by atoms with van der Waals surface area (Å²) in [6, 6.07) is 6.62. The second kappa shape index (κ2) is 6.33. The Hall–Kier alpha value is -2.15. The summed E-state index contributed by atoms with van der Waals surface area (Å²) < 4.78 is 0. The number of nitrogens with zero attached hydrogens (tertiary/aromatic N) is 1. The molecule has 0 bridgehead atoms.